The molecule has 2 aromatic carbocycles. The van der Waals surface area contributed by atoms with Gasteiger partial charge in [-0.1, -0.05) is 0 Å². The van der Waals surface area contributed by atoms with Gasteiger partial charge in [-0.2, -0.15) is 0 Å². The number of ether oxygens (including phenoxy) is 1. The molecule has 1 N–H and O–H groups in total. The summed E-state index contributed by atoms with van der Waals surface area (Å²) in [4.78, 5) is 4.40. The molecule has 0 atom stereocenters. The highest BCUT2D eigenvalue weighted by atomic mass is 32.1. The first-order valence-electron chi connectivity index (χ1n) is 5.61. The normalized spacial score (nSPS) is 10.8. The van der Waals surface area contributed by atoms with Crippen LogP contribution in [-0.4, -0.2) is 17.2 Å². The summed E-state index contributed by atoms with van der Waals surface area (Å²) in [6.07, 6.45) is 0. The Kier molecular flexibility index (Phi) is 2.83. The lowest BCUT2D eigenvalue weighted by molar-refractivity contribution is 0.412. The van der Waals surface area contributed by atoms with Gasteiger partial charge in [0, 0.05) is 0 Å². The molecule has 0 radical (unpaired) electrons. The summed E-state index contributed by atoms with van der Waals surface area (Å²) in [6.45, 7) is 0. The number of aromatic nitrogens is 1. The molecule has 96 valence electrons. The van der Waals surface area contributed by atoms with Gasteiger partial charge in [-0.3, -0.25) is 0 Å². The predicted molar refractivity (Wildman–Crippen MR) is 73.2 cm³/mol. The minimum absolute atomic E-state index is 0.125. The van der Waals surface area contributed by atoms with Crippen LogP contribution in [0.5, 0.6) is 11.5 Å². The van der Waals surface area contributed by atoms with Gasteiger partial charge in [0.1, 0.15) is 22.3 Å². The van der Waals surface area contributed by atoms with Crippen molar-refractivity contribution in [3.63, 3.8) is 0 Å². The third-order valence-corrected chi connectivity index (χ3v) is 3.84. The van der Waals surface area contributed by atoms with Gasteiger partial charge < -0.3 is 9.84 Å². The molecule has 0 saturated heterocycles. The Balaban J connectivity index is 2.18. The number of rotatable bonds is 2. The molecule has 19 heavy (non-hydrogen) atoms. The molecule has 0 aliphatic carbocycles. The zero-order valence-electron chi connectivity index (χ0n) is 10.1. The maximum Gasteiger partial charge on any atom is 0.128 e. The number of hydrogen-bond donors (Lipinski definition) is 1. The van der Waals surface area contributed by atoms with Crippen molar-refractivity contribution in [3.05, 3.63) is 42.2 Å². The van der Waals surface area contributed by atoms with Gasteiger partial charge in [-0.05, 0) is 36.4 Å². The van der Waals surface area contributed by atoms with Gasteiger partial charge >= 0.3 is 0 Å². The van der Waals surface area contributed by atoms with Crippen LogP contribution in [0, 0.1) is 5.82 Å². The zero-order chi connectivity index (χ0) is 13.4. The van der Waals surface area contributed by atoms with Crippen molar-refractivity contribution in [2.24, 2.45) is 0 Å². The Morgan fingerprint density at radius 1 is 1.21 bits per heavy atom. The summed E-state index contributed by atoms with van der Waals surface area (Å²) in [5.41, 5.74) is 1.30. The number of halogens is 1. The molecule has 0 aliphatic heterocycles. The van der Waals surface area contributed by atoms with Crippen molar-refractivity contribution < 1.29 is 14.2 Å². The minimum atomic E-state index is -0.294. The van der Waals surface area contributed by atoms with Crippen molar-refractivity contribution in [3.8, 4) is 22.1 Å². The Labute approximate surface area is 112 Å². The maximum atomic E-state index is 13.2. The molecule has 0 spiro atoms. The average molecular weight is 275 g/mol. The van der Waals surface area contributed by atoms with Crippen LogP contribution >= 0.6 is 11.3 Å². The van der Waals surface area contributed by atoms with Gasteiger partial charge in [0.2, 0.25) is 0 Å². The lowest BCUT2D eigenvalue weighted by atomic mass is 10.2. The molecule has 1 heterocycles. The van der Waals surface area contributed by atoms with Crippen LogP contribution in [0.3, 0.4) is 0 Å². The number of phenolic OH excluding ortho intramolecular Hbond substituents is 1. The van der Waals surface area contributed by atoms with Crippen LogP contribution < -0.4 is 4.74 Å². The van der Waals surface area contributed by atoms with Crippen molar-refractivity contribution >= 4 is 21.6 Å². The smallest absolute Gasteiger partial charge is 0.128 e. The van der Waals surface area contributed by atoms with Crippen LogP contribution in [-0.2, 0) is 0 Å². The van der Waals surface area contributed by atoms with Crippen molar-refractivity contribution in [2.45, 2.75) is 0 Å². The van der Waals surface area contributed by atoms with Crippen molar-refractivity contribution in [1.82, 2.24) is 4.98 Å². The molecule has 0 fully saturated rings. The highest BCUT2D eigenvalue weighted by Crippen LogP contribution is 2.37. The predicted octanol–water partition coefficient (Wildman–Crippen LogP) is 3.82. The first-order chi connectivity index (χ1) is 9.17. The van der Waals surface area contributed by atoms with Gasteiger partial charge in [0.15, 0.2) is 0 Å². The second-order valence-corrected chi connectivity index (χ2v) is 5.04. The number of benzene rings is 2. The molecule has 3 rings (SSSR count). The Hall–Kier alpha value is -2.14. The van der Waals surface area contributed by atoms with E-state index < -0.39 is 0 Å². The van der Waals surface area contributed by atoms with Gasteiger partial charge in [-0.25, -0.2) is 9.37 Å². The molecular weight excluding hydrogens is 265 g/mol. The SMILES string of the molecule is COc1ccc(O)c(-c2nc3ccc(F)cc3s2)c1. The number of nitrogens with zero attached hydrogens (tertiary/aromatic N) is 1. The van der Waals surface area contributed by atoms with Crippen LogP contribution in [0.2, 0.25) is 0 Å². The minimum Gasteiger partial charge on any atom is -0.507 e. The van der Waals surface area contributed by atoms with E-state index in [9.17, 15) is 9.50 Å². The highest BCUT2D eigenvalue weighted by Gasteiger charge is 2.12. The number of thiazole rings is 1. The lowest BCUT2D eigenvalue weighted by Gasteiger charge is -2.04. The van der Waals surface area contributed by atoms with E-state index in [0.717, 1.165) is 4.70 Å². The van der Waals surface area contributed by atoms with E-state index >= 15 is 0 Å². The summed E-state index contributed by atoms with van der Waals surface area (Å²) in [7, 11) is 1.56. The molecule has 0 aliphatic rings. The third-order valence-electron chi connectivity index (χ3n) is 2.78. The fourth-order valence-corrected chi connectivity index (χ4v) is 2.84. The summed E-state index contributed by atoms with van der Waals surface area (Å²) < 4.78 is 19.0. The van der Waals surface area contributed by atoms with E-state index in [4.69, 9.17) is 4.74 Å². The fourth-order valence-electron chi connectivity index (χ4n) is 1.83. The van der Waals surface area contributed by atoms with Gasteiger partial charge in [0.25, 0.3) is 0 Å². The summed E-state index contributed by atoms with van der Waals surface area (Å²) in [6, 6.07) is 9.38. The molecule has 1 aromatic heterocycles. The second-order valence-electron chi connectivity index (χ2n) is 4.01. The van der Waals surface area contributed by atoms with E-state index in [1.54, 1.807) is 31.4 Å². The van der Waals surface area contributed by atoms with Crippen LogP contribution in [0.15, 0.2) is 36.4 Å². The molecule has 0 amide bonds. The molecule has 0 bridgehead atoms. The van der Waals surface area contributed by atoms with Crippen molar-refractivity contribution in [1.29, 1.82) is 0 Å². The van der Waals surface area contributed by atoms with E-state index in [0.29, 0.717) is 21.8 Å². The number of hydrogen-bond acceptors (Lipinski definition) is 4. The quantitative estimate of drug-likeness (QED) is 0.773. The first kappa shape index (κ1) is 11.9. The molecule has 3 nitrogen and oxygen atoms in total. The van der Waals surface area contributed by atoms with Crippen LogP contribution in [0.25, 0.3) is 20.8 Å². The largest absolute Gasteiger partial charge is 0.507 e. The Morgan fingerprint density at radius 3 is 2.84 bits per heavy atom. The molecule has 0 unspecified atom stereocenters. The number of aromatic hydroxyl groups is 1. The third kappa shape index (κ3) is 2.13. The van der Waals surface area contributed by atoms with E-state index in [-0.39, 0.29) is 11.6 Å². The topological polar surface area (TPSA) is 42.4 Å². The van der Waals surface area contributed by atoms with E-state index in [1.807, 2.05) is 0 Å². The van der Waals surface area contributed by atoms with Crippen molar-refractivity contribution in [2.75, 3.05) is 7.11 Å². The van der Waals surface area contributed by atoms with Gasteiger partial charge in [-0.15, -0.1) is 11.3 Å². The molecular formula is C14H10FNO2S. The number of methoxy groups -OCH3 is 1. The van der Waals surface area contributed by atoms with E-state index in [2.05, 4.69) is 4.98 Å². The second kappa shape index (κ2) is 4.51. The van der Waals surface area contributed by atoms with E-state index in [1.165, 1.54) is 23.5 Å². The van der Waals surface area contributed by atoms with Crippen LogP contribution in [0.1, 0.15) is 0 Å². The zero-order valence-corrected chi connectivity index (χ0v) is 10.9. The lowest BCUT2D eigenvalue weighted by Crippen LogP contribution is -1.84. The summed E-state index contributed by atoms with van der Waals surface area (Å²) in [5.74, 6) is 0.469. The highest BCUT2D eigenvalue weighted by molar-refractivity contribution is 7.21. The standard InChI is InChI=1S/C14H10FNO2S/c1-18-9-3-5-12(17)10(7-9)14-16-11-4-2-8(15)6-13(11)19-14/h2-7,17H,1H3. The number of fused-ring (bicyclic) bond motifs is 1. The average Bonchev–Trinajstić information content (AvgIpc) is 2.82. The summed E-state index contributed by atoms with van der Waals surface area (Å²) >= 11 is 1.33. The molecule has 3 aromatic rings. The number of phenols is 1. The van der Waals surface area contributed by atoms with Gasteiger partial charge in [0.05, 0.1) is 22.9 Å². The monoisotopic (exact) mass is 275 g/mol. The first-order valence-corrected chi connectivity index (χ1v) is 6.42. The summed E-state index contributed by atoms with van der Waals surface area (Å²) in [5, 5.41) is 10.5. The maximum absolute atomic E-state index is 13.2. The molecule has 5 heteroatoms. The Bertz CT molecular complexity index is 754. The Morgan fingerprint density at radius 2 is 2.05 bits per heavy atom. The fraction of sp³-hybridized carbons (Fsp3) is 0.0714. The molecule has 0 saturated carbocycles. The van der Waals surface area contributed by atoms with Crippen LogP contribution in [0.4, 0.5) is 4.39 Å².